The first-order valence-electron chi connectivity index (χ1n) is 6.53. The van der Waals surface area contributed by atoms with Crippen molar-refractivity contribution in [3.63, 3.8) is 0 Å². The minimum atomic E-state index is -0.432. The zero-order valence-electron chi connectivity index (χ0n) is 11.5. The van der Waals surface area contributed by atoms with Gasteiger partial charge in [-0.25, -0.2) is 4.79 Å². The second-order valence-corrected chi connectivity index (χ2v) is 6.11. The molecule has 0 spiro atoms. The van der Waals surface area contributed by atoms with E-state index in [0.717, 1.165) is 25.7 Å². The Hall–Kier alpha value is -0.770. The van der Waals surface area contributed by atoms with Crippen LogP contribution in [-0.2, 0) is 4.74 Å². The first-order chi connectivity index (χ1) is 7.78. The molecule has 17 heavy (non-hydrogen) atoms. The minimum Gasteiger partial charge on any atom is -0.444 e. The van der Waals surface area contributed by atoms with Gasteiger partial charge in [-0.05, 0) is 59.3 Å². The van der Waals surface area contributed by atoms with Crippen LogP contribution >= 0.6 is 0 Å². The zero-order chi connectivity index (χ0) is 13.1. The molecule has 0 aromatic carbocycles. The molecule has 0 aromatic rings. The number of rotatable bonds is 2. The Kier molecular flexibility index (Phi) is 4.80. The molecule has 1 aliphatic rings. The fourth-order valence-corrected chi connectivity index (χ4v) is 2.26. The number of hydrogen-bond acceptors (Lipinski definition) is 3. The van der Waals surface area contributed by atoms with E-state index in [-0.39, 0.29) is 12.1 Å². The van der Waals surface area contributed by atoms with Crippen LogP contribution in [-0.4, -0.2) is 23.8 Å². The third-order valence-corrected chi connectivity index (χ3v) is 3.27. The molecule has 4 heteroatoms. The Morgan fingerprint density at radius 2 is 1.82 bits per heavy atom. The summed E-state index contributed by atoms with van der Waals surface area (Å²) < 4.78 is 5.25. The molecule has 1 amide bonds. The lowest BCUT2D eigenvalue weighted by Crippen LogP contribution is -2.43. The molecule has 1 rings (SSSR count). The molecule has 1 saturated carbocycles. The summed E-state index contributed by atoms with van der Waals surface area (Å²) in [6, 6.07) is 0.511. The van der Waals surface area contributed by atoms with Crippen LogP contribution in [0.1, 0.15) is 53.4 Å². The number of hydrogen-bond donors (Lipinski definition) is 2. The molecular formula is C13H26N2O2. The summed E-state index contributed by atoms with van der Waals surface area (Å²) in [6.07, 6.45) is 3.99. The van der Waals surface area contributed by atoms with E-state index in [1.165, 1.54) is 0 Å². The monoisotopic (exact) mass is 242 g/mol. The van der Waals surface area contributed by atoms with Gasteiger partial charge >= 0.3 is 6.09 Å². The first-order valence-corrected chi connectivity index (χ1v) is 6.53. The van der Waals surface area contributed by atoms with E-state index in [1.54, 1.807) is 0 Å². The van der Waals surface area contributed by atoms with Crippen molar-refractivity contribution in [3.05, 3.63) is 0 Å². The topological polar surface area (TPSA) is 64.3 Å². The van der Waals surface area contributed by atoms with E-state index in [4.69, 9.17) is 10.5 Å². The van der Waals surface area contributed by atoms with Crippen molar-refractivity contribution in [3.8, 4) is 0 Å². The third kappa shape index (κ3) is 5.39. The maximum absolute atomic E-state index is 11.6. The van der Waals surface area contributed by atoms with Crippen molar-refractivity contribution in [2.45, 2.75) is 71.1 Å². The molecule has 0 unspecified atom stereocenters. The average Bonchev–Trinajstić information content (AvgIpc) is 2.15. The molecule has 0 aliphatic heterocycles. The summed E-state index contributed by atoms with van der Waals surface area (Å²) in [4.78, 5) is 11.6. The van der Waals surface area contributed by atoms with Gasteiger partial charge in [0.25, 0.3) is 0 Å². The molecule has 1 atom stereocenters. The molecule has 1 aliphatic carbocycles. The standard InChI is InChI=1S/C13H26N2O2/c1-9(10-5-7-11(14)8-6-10)15-12(16)17-13(2,3)4/h9-11H,5-8,14H2,1-4H3,(H,15,16)/t9-,10?,11?/m0/s1. The lowest BCUT2D eigenvalue weighted by atomic mass is 9.82. The number of alkyl carbamates (subject to hydrolysis) is 1. The van der Waals surface area contributed by atoms with Crippen LogP contribution in [0.4, 0.5) is 4.79 Å². The summed E-state index contributed by atoms with van der Waals surface area (Å²) in [5, 5.41) is 2.92. The van der Waals surface area contributed by atoms with Crippen LogP contribution in [0.15, 0.2) is 0 Å². The Morgan fingerprint density at radius 3 is 2.29 bits per heavy atom. The molecule has 0 saturated heterocycles. The van der Waals surface area contributed by atoms with E-state index in [1.807, 2.05) is 27.7 Å². The normalized spacial score (nSPS) is 27.4. The van der Waals surface area contributed by atoms with Crippen LogP contribution in [0.2, 0.25) is 0 Å². The highest BCUT2D eigenvalue weighted by atomic mass is 16.6. The molecule has 0 heterocycles. The number of ether oxygens (including phenoxy) is 1. The fourth-order valence-electron chi connectivity index (χ4n) is 2.26. The van der Waals surface area contributed by atoms with Crippen molar-refractivity contribution in [1.29, 1.82) is 0 Å². The van der Waals surface area contributed by atoms with Gasteiger partial charge in [0, 0.05) is 12.1 Å². The van der Waals surface area contributed by atoms with E-state index >= 15 is 0 Å². The Bertz CT molecular complexity index is 253. The number of amides is 1. The fraction of sp³-hybridized carbons (Fsp3) is 0.923. The third-order valence-electron chi connectivity index (χ3n) is 3.27. The highest BCUT2D eigenvalue weighted by Crippen LogP contribution is 2.26. The molecule has 0 radical (unpaired) electrons. The lowest BCUT2D eigenvalue weighted by Gasteiger charge is -2.31. The predicted molar refractivity (Wildman–Crippen MR) is 68.8 cm³/mol. The van der Waals surface area contributed by atoms with Crippen LogP contribution in [0.5, 0.6) is 0 Å². The number of carbonyl (C=O) groups excluding carboxylic acids is 1. The molecule has 4 nitrogen and oxygen atoms in total. The van der Waals surface area contributed by atoms with Crippen LogP contribution in [0, 0.1) is 5.92 Å². The molecular weight excluding hydrogens is 216 g/mol. The van der Waals surface area contributed by atoms with Crippen LogP contribution in [0.25, 0.3) is 0 Å². The number of carbonyl (C=O) groups is 1. The van der Waals surface area contributed by atoms with Gasteiger partial charge in [-0.1, -0.05) is 0 Å². The summed E-state index contributed by atoms with van der Waals surface area (Å²) >= 11 is 0. The summed E-state index contributed by atoms with van der Waals surface area (Å²) in [5.74, 6) is 0.530. The van der Waals surface area contributed by atoms with Gasteiger partial charge in [0.05, 0.1) is 0 Å². The second-order valence-electron chi connectivity index (χ2n) is 6.11. The summed E-state index contributed by atoms with van der Waals surface area (Å²) in [6.45, 7) is 7.66. The van der Waals surface area contributed by atoms with Crippen molar-refractivity contribution in [2.75, 3.05) is 0 Å². The predicted octanol–water partition coefficient (Wildman–Crippen LogP) is 2.42. The largest absolute Gasteiger partial charge is 0.444 e. The molecule has 0 bridgehead atoms. The van der Waals surface area contributed by atoms with E-state index in [2.05, 4.69) is 5.32 Å². The SMILES string of the molecule is C[C@H](NC(=O)OC(C)(C)C)C1CCC(N)CC1. The maximum atomic E-state index is 11.6. The first kappa shape index (κ1) is 14.3. The molecule has 3 N–H and O–H groups in total. The number of nitrogens with one attached hydrogen (secondary N) is 1. The van der Waals surface area contributed by atoms with E-state index in [9.17, 15) is 4.79 Å². The second kappa shape index (κ2) is 5.71. The van der Waals surface area contributed by atoms with Crippen molar-refractivity contribution >= 4 is 6.09 Å². The summed E-state index contributed by atoms with van der Waals surface area (Å²) in [7, 11) is 0. The van der Waals surface area contributed by atoms with Crippen molar-refractivity contribution in [2.24, 2.45) is 11.7 Å². The summed E-state index contributed by atoms with van der Waals surface area (Å²) in [5.41, 5.74) is 5.44. The Labute approximate surface area is 104 Å². The maximum Gasteiger partial charge on any atom is 0.407 e. The van der Waals surface area contributed by atoms with Gasteiger partial charge in [-0.15, -0.1) is 0 Å². The van der Waals surface area contributed by atoms with Crippen LogP contribution in [0.3, 0.4) is 0 Å². The van der Waals surface area contributed by atoms with Crippen LogP contribution < -0.4 is 11.1 Å². The van der Waals surface area contributed by atoms with Gasteiger partial charge in [-0.3, -0.25) is 0 Å². The molecule has 100 valence electrons. The van der Waals surface area contributed by atoms with Gasteiger partial charge in [-0.2, -0.15) is 0 Å². The van der Waals surface area contributed by atoms with Gasteiger partial charge in [0.2, 0.25) is 0 Å². The molecule has 1 fully saturated rings. The van der Waals surface area contributed by atoms with Crippen molar-refractivity contribution < 1.29 is 9.53 Å². The lowest BCUT2D eigenvalue weighted by molar-refractivity contribution is 0.0483. The average molecular weight is 242 g/mol. The molecule has 0 aromatic heterocycles. The quantitative estimate of drug-likeness (QED) is 0.781. The highest BCUT2D eigenvalue weighted by molar-refractivity contribution is 5.68. The zero-order valence-corrected chi connectivity index (χ0v) is 11.5. The highest BCUT2D eigenvalue weighted by Gasteiger charge is 2.26. The van der Waals surface area contributed by atoms with Gasteiger partial charge in [0.1, 0.15) is 5.60 Å². The van der Waals surface area contributed by atoms with Gasteiger partial charge < -0.3 is 15.8 Å². The smallest absolute Gasteiger partial charge is 0.407 e. The Morgan fingerprint density at radius 1 is 1.29 bits per heavy atom. The van der Waals surface area contributed by atoms with E-state index < -0.39 is 5.60 Å². The van der Waals surface area contributed by atoms with E-state index in [0.29, 0.717) is 12.0 Å². The van der Waals surface area contributed by atoms with Crippen molar-refractivity contribution in [1.82, 2.24) is 5.32 Å². The minimum absolute atomic E-state index is 0.164. The Balaban J connectivity index is 2.33. The number of nitrogens with two attached hydrogens (primary N) is 1. The van der Waals surface area contributed by atoms with Gasteiger partial charge in [0.15, 0.2) is 0 Å².